The molecule has 0 aromatic carbocycles. The number of nitrogens with zero attached hydrogens (tertiary/aromatic N) is 2. The molecular formula is C13H21N3O. The third kappa shape index (κ3) is 3.17. The molecule has 2 rings (SSSR count). The number of hydrogen-bond acceptors (Lipinski definition) is 3. The van der Waals surface area contributed by atoms with Crippen molar-refractivity contribution in [2.24, 2.45) is 0 Å². The maximum absolute atomic E-state index is 12.0. The number of carbonyl (C=O) groups is 1. The zero-order chi connectivity index (χ0) is 12.3. The number of rotatable bonds is 4. The maximum Gasteiger partial charge on any atom is 0.192 e. The van der Waals surface area contributed by atoms with Gasteiger partial charge in [-0.1, -0.05) is 0 Å². The number of piperidine rings is 1. The van der Waals surface area contributed by atoms with E-state index in [1.165, 1.54) is 19.4 Å². The number of likely N-dealkylation sites (N-methyl/N-ethyl adjacent to an activating group) is 2. The molecule has 1 N–H and O–H groups in total. The van der Waals surface area contributed by atoms with E-state index in [0.717, 1.165) is 6.54 Å². The van der Waals surface area contributed by atoms with Gasteiger partial charge in [-0.15, -0.1) is 0 Å². The molecule has 0 radical (unpaired) electrons. The van der Waals surface area contributed by atoms with Gasteiger partial charge < -0.3 is 9.88 Å². The van der Waals surface area contributed by atoms with E-state index in [1.807, 2.05) is 19.2 Å². The van der Waals surface area contributed by atoms with Crippen molar-refractivity contribution < 1.29 is 4.79 Å². The third-order valence-electron chi connectivity index (χ3n) is 3.51. The molecule has 1 saturated heterocycles. The first-order valence-corrected chi connectivity index (χ1v) is 6.22. The Morgan fingerprint density at radius 1 is 1.65 bits per heavy atom. The van der Waals surface area contributed by atoms with Crippen molar-refractivity contribution in [3.63, 3.8) is 0 Å². The van der Waals surface area contributed by atoms with Crippen molar-refractivity contribution in [1.29, 1.82) is 0 Å². The average molecular weight is 235 g/mol. The standard InChI is InChI=1S/C13H21N3O/c1-15-8-4-5-11(9-15)16(2)10-13(17)12-6-3-7-14-12/h3,6-7,11,14H,4-5,8-10H2,1-2H3. The smallest absolute Gasteiger partial charge is 0.192 e. The highest BCUT2D eigenvalue weighted by atomic mass is 16.1. The van der Waals surface area contributed by atoms with Gasteiger partial charge in [0.25, 0.3) is 0 Å². The molecule has 4 nitrogen and oxygen atoms in total. The first-order valence-electron chi connectivity index (χ1n) is 6.22. The van der Waals surface area contributed by atoms with Gasteiger partial charge in [-0.05, 0) is 45.6 Å². The zero-order valence-corrected chi connectivity index (χ0v) is 10.6. The van der Waals surface area contributed by atoms with Crippen LogP contribution in [0.2, 0.25) is 0 Å². The molecule has 0 amide bonds. The molecule has 17 heavy (non-hydrogen) atoms. The molecule has 2 heterocycles. The second-order valence-corrected chi connectivity index (χ2v) is 4.98. The molecule has 0 saturated carbocycles. The van der Waals surface area contributed by atoms with Crippen LogP contribution in [0.4, 0.5) is 0 Å². The Morgan fingerprint density at radius 3 is 3.12 bits per heavy atom. The Morgan fingerprint density at radius 2 is 2.47 bits per heavy atom. The molecule has 0 spiro atoms. The fourth-order valence-electron chi connectivity index (χ4n) is 2.44. The van der Waals surface area contributed by atoms with E-state index in [1.54, 1.807) is 6.20 Å². The van der Waals surface area contributed by atoms with Crippen LogP contribution in [0.25, 0.3) is 0 Å². The molecule has 1 aliphatic rings. The van der Waals surface area contributed by atoms with Gasteiger partial charge in [-0.3, -0.25) is 9.69 Å². The molecule has 1 fully saturated rings. The van der Waals surface area contributed by atoms with Crippen molar-refractivity contribution in [3.05, 3.63) is 24.0 Å². The lowest BCUT2D eigenvalue weighted by atomic mass is 10.0. The largest absolute Gasteiger partial charge is 0.359 e. The molecule has 1 atom stereocenters. The molecule has 0 aliphatic carbocycles. The Kier molecular flexibility index (Phi) is 3.97. The quantitative estimate of drug-likeness (QED) is 0.798. The molecule has 1 unspecified atom stereocenters. The summed E-state index contributed by atoms with van der Waals surface area (Å²) in [6.07, 6.45) is 4.21. The molecule has 94 valence electrons. The van der Waals surface area contributed by atoms with Crippen LogP contribution in [-0.4, -0.2) is 60.3 Å². The monoisotopic (exact) mass is 235 g/mol. The number of ketones is 1. The molecule has 1 aromatic heterocycles. The van der Waals surface area contributed by atoms with E-state index in [2.05, 4.69) is 21.8 Å². The number of hydrogen-bond donors (Lipinski definition) is 1. The SMILES string of the molecule is CN1CCCC(N(C)CC(=O)c2ccc[nH]2)C1. The van der Waals surface area contributed by atoms with Gasteiger partial charge in [0, 0.05) is 18.8 Å². The normalized spacial score (nSPS) is 21.9. The van der Waals surface area contributed by atoms with Crippen LogP contribution in [-0.2, 0) is 0 Å². The Labute approximate surface area is 103 Å². The van der Waals surface area contributed by atoms with Crippen LogP contribution in [0.15, 0.2) is 18.3 Å². The minimum absolute atomic E-state index is 0.172. The summed E-state index contributed by atoms with van der Waals surface area (Å²) >= 11 is 0. The molecular weight excluding hydrogens is 214 g/mol. The van der Waals surface area contributed by atoms with Crippen molar-refractivity contribution in [2.75, 3.05) is 33.7 Å². The van der Waals surface area contributed by atoms with Gasteiger partial charge in [-0.2, -0.15) is 0 Å². The van der Waals surface area contributed by atoms with Crippen LogP contribution in [0.3, 0.4) is 0 Å². The Balaban J connectivity index is 1.88. The van der Waals surface area contributed by atoms with Crippen LogP contribution in [0, 0.1) is 0 Å². The zero-order valence-electron chi connectivity index (χ0n) is 10.6. The summed E-state index contributed by atoms with van der Waals surface area (Å²) in [4.78, 5) is 19.4. The molecule has 0 bridgehead atoms. The topological polar surface area (TPSA) is 39.3 Å². The van der Waals surface area contributed by atoms with Gasteiger partial charge in [0.2, 0.25) is 0 Å². The van der Waals surface area contributed by atoms with Gasteiger partial charge in [0.1, 0.15) is 0 Å². The number of aromatic nitrogens is 1. The summed E-state index contributed by atoms with van der Waals surface area (Å²) in [6, 6.07) is 4.21. The van der Waals surface area contributed by atoms with Crippen molar-refractivity contribution >= 4 is 5.78 Å². The lowest BCUT2D eigenvalue weighted by molar-refractivity contribution is 0.0853. The summed E-state index contributed by atoms with van der Waals surface area (Å²) in [5.74, 6) is 0.172. The van der Waals surface area contributed by atoms with E-state index in [4.69, 9.17) is 0 Å². The predicted molar refractivity (Wildman–Crippen MR) is 68.3 cm³/mol. The molecule has 1 aromatic rings. The molecule has 4 heteroatoms. The van der Waals surface area contributed by atoms with Crippen LogP contribution in [0.1, 0.15) is 23.3 Å². The van der Waals surface area contributed by atoms with E-state index >= 15 is 0 Å². The summed E-state index contributed by atoms with van der Waals surface area (Å²) in [5.41, 5.74) is 0.709. The van der Waals surface area contributed by atoms with Crippen molar-refractivity contribution in [2.45, 2.75) is 18.9 Å². The Bertz CT molecular complexity index is 361. The lowest BCUT2D eigenvalue weighted by Crippen LogP contribution is -2.46. The second kappa shape index (κ2) is 5.47. The first-order chi connectivity index (χ1) is 8.16. The first kappa shape index (κ1) is 12.3. The van der Waals surface area contributed by atoms with Gasteiger partial charge in [0.05, 0.1) is 12.2 Å². The van der Waals surface area contributed by atoms with E-state index in [9.17, 15) is 4.79 Å². The minimum Gasteiger partial charge on any atom is -0.359 e. The number of H-pyrrole nitrogens is 1. The van der Waals surface area contributed by atoms with Crippen molar-refractivity contribution in [3.8, 4) is 0 Å². The van der Waals surface area contributed by atoms with E-state index < -0.39 is 0 Å². The van der Waals surface area contributed by atoms with Gasteiger partial charge in [0.15, 0.2) is 5.78 Å². The maximum atomic E-state index is 12.0. The lowest BCUT2D eigenvalue weighted by Gasteiger charge is -2.35. The van der Waals surface area contributed by atoms with Crippen LogP contribution < -0.4 is 0 Å². The predicted octanol–water partition coefficient (Wildman–Crippen LogP) is 1.22. The Hall–Kier alpha value is -1.13. The van der Waals surface area contributed by atoms with E-state index in [0.29, 0.717) is 18.3 Å². The fourth-order valence-corrected chi connectivity index (χ4v) is 2.44. The summed E-state index contributed by atoms with van der Waals surface area (Å²) in [5, 5.41) is 0. The number of likely N-dealkylation sites (tertiary alicyclic amines) is 1. The van der Waals surface area contributed by atoms with Crippen LogP contribution in [0.5, 0.6) is 0 Å². The number of aromatic amines is 1. The summed E-state index contributed by atoms with van der Waals surface area (Å²) in [7, 11) is 4.19. The number of carbonyl (C=O) groups excluding carboxylic acids is 1. The van der Waals surface area contributed by atoms with Crippen molar-refractivity contribution in [1.82, 2.24) is 14.8 Å². The fraction of sp³-hybridized carbons (Fsp3) is 0.615. The highest BCUT2D eigenvalue weighted by Crippen LogP contribution is 2.13. The summed E-state index contributed by atoms with van der Waals surface area (Å²) < 4.78 is 0. The highest BCUT2D eigenvalue weighted by Gasteiger charge is 2.22. The highest BCUT2D eigenvalue weighted by molar-refractivity contribution is 5.95. The van der Waals surface area contributed by atoms with Gasteiger partial charge >= 0.3 is 0 Å². The third-order valence-corrected chi connectivity index (χ3v) is 3.51. The second-order valence-electron chi connectivity index (χ2n) is 4.98. The number of nitrogens with one attached hydrogen (secondary N) is 1. The van der Waals surface area contributed by atoms with Crippen LogP contribution >= 0.6 is 0 Å². The molecule has 1 aliphatic heterocycles. The number of Topliss-reactive ketones (excluding diaryl/α,β-unsaturated/α-hetero) is 1. The van der Waals surface area contributed by atoms with Gasteiger partial charge in [-0.25, -0.2) is 0 Å². The van der Waals surface area contributed by atoms with E-state index in [-0.39, 0.29) is 5.78 Å². The minimum atomic E-state index is 0.172. The average Bonchev–Trinajstić information content (AvgIpc) is 2.82. The summed E-state index contributed by atoms with van der Waals surface area (Å²) in [6.45, 7) is 2.74.